The zero-order chi connectivity index (χ0) is 27.3. The highest BCUT2D eigenvalue weighted by molar-refractivity contribution is 6.21. The maximum atomic E-state index is 2.39. The first-order chi connectivity index (χ1) is 20.3. The molecule has 0 nitrogen and oxygen atoms in total. The zero-order valence-electron chi connectivity index (χ0n) is 23.1. The molecule has 0 saturated heterocycles. The maximum Gasteiger partial charge on any atom is 0.0308 e. The first-order valence-electron chi connectivity index (χ1n) is 14.6. The smallest absolute Gasteiger partial charge is 0.0308 e. The lowest BCUT2D eigenvalue weighted by Gasteiger charge is -2.20. The van der Waals surface area contributed by atoms with E-state index in [1.165, 1.54) is 76.8 Å². The van der Waals surface area contributed by atoms with Crippen LogP contribution in [0.25, 0.3) is 60.6 Å². The highest BCUT2D eigenvalue weighted by atomic mass is 14.3. The van der Waals surface area contributed by atoms with Gasteiger partial charge in [-0.3, -0.25) is 0 Å². The molecule has 7 aromatic rings. The normalized spacial score (nSPS) is 14.5. The van der Waals surface area contributed by atoms with E-state index in [2.05, 4.69) is 153 Å². The Kier molecular flexibility index (Phi) is 5.60. The summed E-state index contributed by atoms with van der Waals surface area (Å²) < 4.78 is 0. The van der Waals surface area contributed by atoms with E-state index in [0.717, 1.165) is 6.42 Å². The summed E-state index contributed by atoms with van der Waals surface area (Å²) in [6.45, 7) is 2.27. The van der Waals surface area contributed by atoms with Crippen LogP contribution in [0, 0.1) is 0 Å². The van der Waals surface area contributed by atoms with Crippen LogP contribution in [-0.2, 0) is 0 Å². The van der Waals surface area contributed by atoms with E-state index in [1.807, 2.05) is 0 Å². The van der Waals surface area contributed by atoms with Crippen LogP contribution >= 0.6 is 0 Å². The van der Waals surface area contributed by atoms with E-state index in [9.17, 15) is 0 Å². The van der Waals surface area contributed by atoms with Crippen molar-refractivity contribution >= 4 is 38.4 Å². The minimum atomic E-state index is 0.342. The Morgan fingerprint density at radius 2 is 1.02 bits per heavy atom. The lowest BCUT2D eigenvalue weighted by Crippen LogP contribution is -2.01. The van der Waals surface area contributed by atoms with E-state index >= 15 is 0 Å². The summed E-state index contributed by atoms with van der Waals surface area (Å²) >= 11 is 0. The average molecular weight is 523 g/mol. The summed E-state index contributed by atoms with van der Waals surface area (Å²) in [4.78, 5) is 0. The van der Waals surface area contributed by atoms with Gasteiger partial charge in [-0.25, -0.2) is 0 Å². The summed E-state index contributed by atoms with van der Waals surface area (Å²) in [6, 6.07) is 51.6. The van der Waals surface area contributed by atoms with Gasteiger partial charge in [0.25, 0.3) is 0 Å². The van der Waals surface area contributed by atoms with Crippen LogP contribution in [0.15, 0.2) is 145 Å². The third-order valence-electron chi connectivity index (χ3n) is 8.93. The minimum Gasteiger partial charge on any atom is -0.0619 e. The second-order valence-electron chi connectivity index (χ2n) is 11.2. The predicted molar refractivity (Wildman–Crippen MR) is 176 cm³/mol. The first-order valence-corrected chi connectivity index (χ1v) is 14.6. The third kappa shape index (κ3) is 3.83. The Balaban J connectivity index is 1.33. The fourth-order valence-corrected chi connectivity index (χ4v) is 7.03. The van der Waals surface area contributed by atoms with Gasteiger partial charge in [0.2, 0.25) is 0 Å². The number of hydrogen-bond donors (Lipinski definition) is 0. The SMILES string of the molecule is CCC1=Cc2ccccc2C1c1ccc(-c2c3ccccc3c(-c3ccc4ccccc4c3)c3ccccc23)cc1. The molecule has 0 aliphatic heterocycles. The Morgan fingerprint density at radius 3 is 1.68 bits per heavy atom. The van der Waals surface area contributed by atoms with E-state index < -0.39 is 0 Å². The largest absolute Gasteiger partial charge is 0.0619 e. The molecule has 0 radical (unpaired) electrons. The van der Waals surface area contributed by atoms with Gasteiger partial charge in [0, 0.05) is 5.92 Å². The topological polar surface area (TPSA) is 0 Å². The van der Waals surface area contributed by atoms with Crippen LogP contribution in [0.2, 0.25) is 0 Å². The molecule has 41 heavy (non-hydrogen) atoms. The molecule has 0 aromatic heterocycles. The van der Waals surface area contributed by atoms with Crippen LogP contribution in [-0.4, -0.2) is 0 Å². The molecule has 0 heterocycles. The number of benzene rings is 7. The molecular weight excluding hydrogens is 492 g/mol. The van der Waals surface area contributed by atoms with Crippen LogP contribution in [0.1, 0.15) is 36.0 Å². The highest BCUT2D eigenvalue weighted by Gasteiger charge is 2.25. The number of fused-ring (bicyclic) bond motifs is 4. The van der Waals surface area contributed by atoms with Gasteiger partial charge >= 0.3 is 0 Å². The van der Waals surface area contributed by atoms with Crippen molar-refractivity contribution < 1.29 is 0 Å². The van der Waals surface area contributed by atoms with Crippen molar-refractivity contribution in [1.29, 1.82) is 0 Å². The van der Waals surface area contributed by atoms with Crippen LogP contribution in [0.5, 0.6) is 0 Å². The molecule has 0 fully saturated rings. The second kappa shape index (κ2) is 9.61. The summed E-state index contributed by atoms with van der Waals surface area (Å²) in [5.74, 6) is 0.342. The number of rotatable bonds is 4. The molecule has 0 N–H and O–H groups in total. The molecule has 1 aliphatic carbocycles. The molecule has 8 rings (SSSR count). The average Bonchev–Trinajstić information content (AvgIpc) is 3.42. The van der Waals surface area contributed by atoms with Gasteiger partial charge in [0.1, 0.15) is 0 Å². The molecule has 0 saturated carbocycles. The molecule has 0 heteroatoms. The first kappa shape index (κ1) is 23.9. The van der Waals surface area contributed by atoms with Crippen molar-refractivity contribution in [3.63, 3.8) is 0 Å². The molecular formula is C41H30. The molecule has 1 atom stereocenters. The van der Waals surface area contributed by atoms with E-state index in [0.29, 0.717) is 5.92 Å². The fourth-order valence-electron chi connectivity index (χ4n) is 7.03. The summed E-state index contributed by atoms with van der Waals surface area (Å²) in [5, 5.41) is 7.72. The van der Waals surface area contributed by atoms with Gasteiger partial charge in [0.05, 0.1) is 0 Å². The lowest BCUT2D eigenvalue weighted by molar-refractivity contribution is 0.908. The summed E-state index contributed by atoms with van der Waals surface area (Å²) in [6.07, 6.45) is 3.45. The van der Waals surface area contributed by atoms with Crippen LogP contribution in [0.3, 0.4) is 0 Å². The maximum absolute atomic E-state index is 2.39. The van der Waals surface area contributed by atoms with Crippen molar-refractivity contribution in [2.45, 2.75) is 19.3 Å². The molecule has 0 bridgehead atoms. The van der Waals surface area contributed by atoms with E-state index in [1.54, 1.807) is 0 Å². The van der Waals surface area contributed by atoms with Crippen molar-refractivity contribution in [2.24, 2.45) is 0 Å². The van der Waals surface area contributed by atoms with Crippen molar-refractivity contribution in [3.05, 3.63) is 162 Å². The van der Waals surface area contributed by atoms with E-state index in [4.69, 9.17) is 0 Å². The second-order valence-corrected chi connectivity index (χ2v) is 11.2. The van der Waals surface area contributed by atoms with Gasteiger partial charge in [0.15, 0.2) is 0 Å². The third-order valence-corrected chi connectivity index (χ3v) is 8.93. The molecule has 0 spiro atoms. The van der Waals surface area contributed by atoms with Gasteiger partial charge in [-0.2, -0.15) is 0 Å². The van der Waals surface area contributed by atoms with Gasteiger partial charge < -0.3 is 0 Å². The van der Waals surface area contributed by atoms with Crippen molar-refractivity contribution in [2.75, 3.05) is 0 Å². The molecule has 194 valence electrons. The standard InChI is InChI=1S/C41H30/c1-2-27-25-32-13-5-6-14-34(32)39(27)29-20-22-30(23-21-29)40-35-15-7-9-17-37(35)41(38-18-10-8-16-36(38)40)33-24-19-28-11-3-4-12-31(28)26-33/h3-26,39H,2H2,1H3. The molecule has 7 aromatic carbocycles. The highest BCUT2D eigenvalue weighted by Crippen LogP contribution is 2.46. The van der Waals surface area contributed by atoms with Crippen LogP contribution in [0.4, 0.5) is 0 Å². The van der Waals surface area contributed by atoms with Crippen molar-refractivity contribution in [1.82, 2.24) is 0 Å². The zero-order valence-corrected chi connectivity index (χ0v) is 23.1. The van der Waals surface area contributed by atoms with Crippen LogP contribution < -0.4 is 0 Å². The van der Waals surface area contributed by atoms with Gasteiger partial charge in [-0.15, -0.1) is 0 Å². The Bertz CT molecular complexity index is 2070. The quantitative estimate of drug-likeness (QED) is 0.202. The molecule has 1 unspecified atom stereocenters. The van der Waals surface area contributed by atoms with Crippen molar-refractivity contribution in [3.8, 4) is 22.3 Å². The summed E-state index contributed by atoms with van der Waals surface area (Å²) in [7, 11) is 0. The number of hydrogen-bond acceptors (Lipinski definition) is 0. The molecule has 1 aliphatic rings. The lowest BCUT2D eigenvalue weighted by atomic mass is 9.84. The van der Waals surface area contributed by atoms with E-state index in [-0.39, 0.29) is 0 Å². The van der Waals surface area contributed by atoms with Gasteiger partial charge in [-0.05, 0) is 83.7 Å². The molecule has 0 amide bonds. The fraction of sp³-hybridized carbons (Fsp3) is 0.0732. The Labute approximate surface area is 241 Å². The number of allylic oxidation sites excluding steroid dienone is 1. The summed E-state index contributed by atoms with van der Waals surface area (Å²) in [5.41, 5.74) is 10.8. The minimum absolute atomic E-state index is 0.342. The monoisotopic (exact) mass is 522 g/mol. The van der Waals surface area contributed by atoms with Gasteiger partial charge in [-0.1, -0.05) is 152 Å². The Hall–Kier alpha value is -4.94. The Morgan fingerprint density at radius 1 is 0.488 bits per heavy atom. The predicted octanol–water partition coefficient (Wildman–Crippen LogP) is 11.4.